The molecule has 1 aliphatic heterocycles. The Hall–Kier alpha value is -3.49. The van der Waals surface area contributed by atoms with Gasteiger partial charge in [0.2, 0.25) is 0 Å². The van der Waals surface area contributed by atoms with Crippen LogP contribution in [-0.2, 0) is 11.3 Å². The Morgan fingerprint density at radius 3 is 2.74 bits per heavy atom. The van der Waals surface area contributed by atoms with Crippen LogP contribution in [-0.4, -0.2) is 42.9 Å². The highest BCUT2D eigenvalue weighted by molar-refractivity contribution is 6.32. The Labute approximate surface area is 200 Å². The van der Waals surface area contributed by atoms with Gasteiger partial charge < -0.3 is 14.5 Å². The van der Waals surface area contributed by atoms with Crippen molar-refractivity contribution in [1.29, 1.82) is 0 Å². The zero-order valence-electron chi connectivity index (χ0n) is 18.9. The molecule has 0 saturated carbocycles. The van der Waals surface area contributed by atoms with Crippen LogP contribution in [0.2, 0.25) is 5.15 Å². The molecule has 0 amide bonds. The first kappa shape index (κ1) is 21.1. The molecule has 6 rings (SSSR count). The van der Waals surface area contributed by atoms with E-state index in [2.05, 4.69) is 27.0 Å². The van der Waals surface area contributed by atoms with Crippen LogP contribution in [0.5, 0.6) is 11.5 Å². The van der Waals surface area contributed by atoms with Gasteiger partial charge in [0.05, 0.1) is 34.9 Å². The highest BCUT2D eigenvalue weighted by Crippen LogP contribution is 2.32. The van der Waals surface area contributed by atoms with E-state index in [0.717, 1.165) is 48.6 Å². The molecular weight excluding hydrogens is 452 g/mol. The van der Waals surface area contributed by atoms with Crippen molar-refractivity contribution in [2.75, 3.05) is 13.2 Å². The summed E-state index contributed by atoms with van der Waals surface area (Å²) in [5, 5.41) is 4.87. The molecule has 4 heterocycles. The van der Waals surface area contributed by atoms with E-state index in [1.807, 2.05) is 54.2 Å². The van der Waals surface area contributed by atoms with E-state index < -0.39 is 0 Å². The molecule has 2 aromatic carbocycles. The molecule has 1 fully saturated rings. The van der Waals surface area contributed by atoms with Crippen molar-refractivity contribution in [3.63, 3.8) is 0 Å². The maximum absolute atomic E-state index is 6.50. The van der Waals surface area contributed by atoms with Gasteiger partial charge >= 0.3 is 0 Å². The molecule has 0 radical (unpaired) electrons. The lowest BCUT2D eigenvalue weighted by atomic mass is 9.90. The molecule has 1 N–H and O–H groups in total. The van der Waals surface area contributed by atoms with Crippen molar-refractivity contribution >= 4 is 33.7 Å². The number of imidazole rings is 1. The Bertz CT molecular complexity index is 1520. The lowest BCUT2D eigenvalue weighted by molar-refractivity contribution is 0.147. The summed E-state index contributed by atoms with van der Waals surface area (Å²) in [6, 6.07) is 11.3. The molecule has 5 aromatic rings. The van der Waals surface area contributed by atoms with Gasteiger partial charge in [0.15, 0.2) is 5.15 Å². The van der Waals surface area contributed by atoms with Gasteiger partial charge in [-0.25, -0.2) is 15.0 Å². The van der Waals surface area contributed by atoms with E-state index in [1.54, 1.807) is 6.20 Å². The molecule has 0 spiro atoms. The van der Waals surface area contributed by atoms with Gasteiger partial charge in [0.1, 0.15) is 23.0 Å². The second-order valence-corrected chi connectivity index (χ2v) is 9.51. The molecule has 1 aliphatic rings. The summed E-state index contributed by atoms with van der Waals surface area (Å²) in [5.41, 5.74) is 4.74. The van der Waals surface area contributed by atoms with Crippen LogP contribution in [0, 0.1) is 12.3 Å². The number of aromatic nitrogens is 6. The number of rotatable bonds is 5. The molecule has 1 unspecified atom stereocenters. The molecule has 172 valence electrons. The minimum absolute atomic E-state index is 0.0896. The highest BCUT2D eigenvalue weighted by atomic mass is 35.5. The number of benzene rings is 2. The summed E-state index contributed by atoms with van der Waals surface area (Å²) in [6.07, 6.45) is 4.77. The third-order valence-electron chi connectivity index (χ3n) is 6.15. The van der Waals surface area contributed by atoms with E-state index in [0.29, 0.717) is 33.4 Å². The number of fused-ring (bicyclic) bond motifs is 2. The number of nitrogens with one attached hydrogen (secondary N) is 1. The third-order valence-corrected chi connectivity index (χ3v) is 6.41. The first-order chi connectivity index (χ1) is 16.4. The monoisotopic (exact) mass is 474 g/mol. The zero-order valence-corrected chi connectivity index (χ0v) is 19.6. The summed E-state index contributed by atoms with van der Waals surface area (Å²) in [6.45, 7) is 6.47. The SMILES string of the molecule is Cc1nc2ccc(Oc3ccc4nc(Cl)c(-c5cnn(CC6(C)CCOC6)c5)nc4c3)cc2[nH]1. The van der Waals surface area contributed by atoms with Gasteiger partial charge in [-0.3, -0.25) is 4.68 Å². The highest BCUT2D eigenvalue weighted by Gasteiger charge is 2.30. The number of hydrogen-bond acceptors (Lipinski definition) is 6. The van der Waals surface area contributed by atoms with Crippen molar-refractivity contribution < 1.29 is 9.47 Å². The lowest BCUT2D eigenvalue weighted by Crippen LogP contribution is -2.23. The number of ether oxygens (including phenoxy) is 2. The van der Waals surface area contributed by atoms with Gasteiger partial charge in [-0.05, 0) is 37.6 Å². The maximum atomic E-state index is 6.50. The van der Waals surface area contributed by atoms with Crippen LogP contribution in [0.4, 0.5) is 0 Å². The van der Waals surface area contributed by atoms with E-state index in [9.17, 15) is 0 Å². The fourth-order valence-corrected chi connectivity index (χ4v) is 4.62. The topological polar surface area (TPSA) is 90.7 Å². The fraction of sp³-hybridized carbons (Fsp3) is 0.280. The number of H-pyrrole nitrogens is 1. The average Bonchev–Trinajstić information content (AvgIpc) is 3.53. The van der Waals surface area contributed by atoms with Crippen molar-refractivity contribution in [3.05, 3.63) is 59.8 Å². The van der Waals surface area contributed by atoms with Crippen LogP contribution < -0.4 is 4.74 Å². The normalized spacial score (nSPS) is 18.2. The van der Waals surface area contributed by atoms with Crippen LogP contribution in [0.25, 0.3) is 33.3 Å². The average molecular weight is 475 g/mol. The second kappa shape index (κ2) is 8.07. The number of aryl methyl sites for hydroxylation is 1. The van der Waals surface area contributed by atoms with Gasteiger partial charge in [-0.2, -0.15) is 5.10 Å². The summed E-state index contributed by atoms with van der Waals surface area (Å²) in [7, 11) is 0. The number of nitrogens with zero attached hydrogens (tertiary/aromatic N) is 5. The number of aromatic amines is 1. The van der Waals surface area contributed by atoms with Crippen LogP contribution >= 0.6 is 11.6 Å². The zero-order chi connectivity index (χ0) is 23.3. The van der Waals surface area contributed by atoms with Crippen LogP contribution in [0.1, 0.15) is 19.2 Å². The Balaban J connectivity index is 1.29. The van der Waals surface area contributed by atoms with Gasteiger partial charge in [0.25, 0.3) is 0 Å². The molecule has 0 aliphatic carbocycles. The van der Waals surface area contributed by atoms with Gasteiger partial charge in [-0.15, -0.1) is 0 Å². The van der Waals surface area contributed by atoms with Crippen molar-refractivity contribution in [2.45, 2.75) is 26.8 Å². The Morgan fingerprint density at radius 1 is 1.09 bits per heavy atom. The van der Waals surface area contributed by atoms with Crippen LogP contribution in [0.15, 0.2) is 48.8 Å². The number of halogens is 1. The standard InChI is InChI=1S/C25H23ClN6O2/c1-15-28-19-5-3-17(9-21(19)29-15)34-18-4-6-20-22(10-18)30-23(24(26)31-20)16-11-27-32(12-16)13-25(2)7-8-33-14-25/h3-6,9-12H,7-8,13-14H2,1-2H3,(H,28,29). The molecular formula is C25H23ClN6O2. The summed E-state index contributed by atoms with van der Waals surface area (Å²) < 4.78 is 13.6. The predicted octanol–water partition coefficient (Wildman–Crippen LogP) is 5.55. The first-order valence-electron chi connectivity index (χ1n) is 11.2. The smallest absolute Gasteiger partial charge is 0.156 e. The minimum atomic E-state index is 0.0896. The van der Waals surface area contributed by atoms with Gasteiger partial charge in [0, 0.05) is 42.5 Å². The van der Waals surface area contributed by atoms with E-state index in [1.165, 1.54) is 0 Å². The Kier molecular flexibility index (Phi) is 5.00. The Morgan fingerprint density at radius 2 is 1.91 bits per heavy atom. The lowest BCUT2D eigenvalue weighted by Gasteiger charge is -2.21. The maximum Gasteiger partial charge on any atom is 0.156 e. The molecule has 3 aromatic heterocycles. The molecule has 9 heteroatoms. The molecule has 1 saturated heterocycles. The van der Waals surface area contributed by atoms with E-state index in [-0.39, 0.29) is 5.41 Å². The first-order valence-corrected chi connectivity index (χ1v) is 11.5. The predicted molar refractivity (Wildman–Crippen MR) is 130 cm³/mol. The minimum Gasteiger partial charge on any atom is -0.457 e. The molecule has 0 bridgehead atoms. The molecule has 8 nitrogen and oxygen atoms in total. The summed E-state index contributed by atoms with van der Waals surface area (Å²) >= 11 is 6.50. The second-order valence-electron chi connectivity index (χ2n) is 9.16. The number of hydrogen-bond donors (Lipinski definition) is 1. The van der Waals surface area contributed by atoms with Gasteiger partial charge in [-0.1, -0.05) is 18.5 Å². The van der Waals surface area contributed by atoms with Crippen molar-refractivity contribution in [3.8, 4) is 22.8 Å². The fourth-order valence-electron chi connectivity index (χ4n) is 4.37. The largest absolute Gasteiger partial charge is 0.457 e. The van der Waals surface area contributed by atoms with Crippen molar-refractivity contribution in [1.82, 2.24) is 29.7 Å². The van der Waals surface area contributed by atoms with E-state index in [4.69, 9.17) is 26.1 Å². The summed E-state index contributed by atoms with van der Waals surface area (Å²) in [5.74, 6) is 2.24. The third kappa shape index (κ3) is 3.99. The quantitative estimate of drug-likeness (QED) is 0.359. The molecule has 34 heavy (non-hydrogen) atoms. The van der Waals surface area contributed by atoms with Crippen LogP contribution in [0.3, 0.4) is 0 Å². The van der Waals surface area contributed by atoms with E-state index >= 15 is 0 Å². The summed E-state index contributed by atoms with van der Waals surface area (Å²) in [4.78, 5) is 17.0. The molecule has 1 atom stereocenters. The van der Waals surface area contributed by atoms with Crippen molar-refractivity contribution in [2.24, 2.45) is 5.41 Å².